The third kappa shape index (κ3) is 5.04. The molecule has 0 atom stereocenters. The Morgan fingerprint density at radius 2 is 0.947 bits per heavy atom. The summed E-state index contributed by atoms with van der Waals surface area (Å²) in [7, 11) is -2.75. The van der Waals surface area contributed by atoms with Crippen molar-refractivity contribution in [3.05, 3.63) is 168 Å². The van der Waals surface area contributed by atoms with E-state index in [1.54, 1.807) is 24.3 Å². The van der Waals surface area contributed by atoms with Gasteiger partial charge >= 0.3 is 0 Å². The van der Waals surface area contributed by atoms with E-state index < -0.39 is 7.26 Å². The van der Waals surface area contributed by atoms with Crippen LogP contribution in [0.3, 0.4) is 0 Å². The van der Waals surface area contributed by atoms with Crippen molar-refractivity contribution in [2.24, 2.45) is 0 Å². The molecular formula is C33H25ClFNOP+. The van der Waals surface area contributed by atoms with Crippen LogP contribution in [-0.4, -0.2) is 5.91 Å². The normalized spacial score (nSPS) is 11.9. The molecule has 0 aliphatic heterocycles. The number of halogens is 2. The van der Waals surface area contributed by atoms with E-state index in [0.717, 1.165) is 15.9 Å². The van der Waals surface area contributed by atoms with E-state index in [2.05, 4.69) is 41.7 Å². The zero-order chi connectivity index (χ0) is 26.4. The van der Waals surface area contributed by atoms with E-state index >= 15 is 0 Å². The zero-order valence-electron chi connectivity index (χ0n) is 20.5. The van der Waals surface area contributed by atoms with Crippen LogP contribution in [0.4, 0.5) is 4.39 Å². The third-order valence-corrected chi connectivity index (χ3v) is 11.1. The first kappa shape index (κ1) is 25.6. The summed E-state index contributed by atoms with van der Waals surface area (Å²) in [6.45, 7) is 0. The van der Waals surface area contributed by atoms with Gasteiger partial charge in [-0.15, -0.1) is 0 Å². The second-order valence-electron chi connectivity index (χ2n) is 8.67. The van der Waals surface area contributed by atoms with E-state index in [-0.39, 0.29) is 11.7 Å². The van der Waals surface area contributed by atoms with Crippen molar-refractivity contribution in [3.63, 3.8) is 0 Å². The molecule has 186 valence electrons. The third-order valence-electron chi connectivity index (χ3n) is 6.34. The average Bonchev–Trinajstić information content (AvgIpc) is 2.99. The Balaban J connectivity index is 1.88. The number of rotatable bonds is 7. The lowest BCUT2D eigenvalue weighted by Crippen LogP contribution is -2.38. The van der Waals surface area contributed by atoms with Crippen molar-refractivity contribution in [1.82, 2.24) is 5.32 Å². The maximum absolute atomic E-state index is 13.9. The Kier molecular flexibility index (Phi) is 7.79. The van der Waals surface area contributed by atoms with E-state index in [1.165, 1.54) is 12.1 Å². The minimum Gasteiger partial charge on any atom is -0.291 e. The Bertz CT molecular complexity index is 1440. The van der Waals surface area contributed by atoms with Crippen molar-refractivity contribution in [1.29, 1.82) is 0 Å². The molecule has 0 unspecified atom stereocenters. The van der Waals surface area contributed by atoms with Gasteiger partial charge in [0.05, 0.1) is 0 Å². The Morgan fingerprint density at radius 1 is 0.553 bits per heavy atom. The highest BCUT2D eigenvalue weighted by molar-refractivity contribution is 7.99. The number of hydrogen-bond acceptors (Lipinski definition) is 1. The van der Waals surface area contributed by atoms with Gasteiger partial charge in [-0.3, -0.25) is 10.1 Å². The summed E-state index contributed by atoms with van der Waals surface area (Å²) in [5.74, 6) is -0.628. The summed E-state index contributed by atoms with van der Waals surface area (Å²) in [6, 6.07) is 45.5. The molecule has 0 aromatic heterocycles. The molecule has 1 amide bonds. The van der Waals surface area contributed by atoms with Crippen LogP contribution in [0.1, 0.15) is 15.9 Å². The lowest BCUT2D eigenvalue weighted by atomic mass is 10.2. The molecule has 0 aliphatic rings. The molecule has 0 bridgehead atoms. The Labute approximate surface area is 227 Å². The highest BCUT2D eigenvalue weighted by atomic mass is 35.5. The lowest BCUT2D eigenvalue weighted by molar-refractivity contribution is 0.0969. The molecule has 0 spiro atoms. The van der Waals surface area contributed by atoms with Crippen LogP contribution >= 0.6 is 18.9 Å². The van der Waals surface area contributed by atoms with Crippen LogP contribution in [0, 0.1) is 5.82 Å². The first-order valence-electron chi connectivity index (χ1n) is 12.2. The number of amides is 1. The largest absolute Gasteiger partial charge is 0.291 e. The van der Waals surface area contributed by atoms with Crippen molar-refractivity contribution >= 4 is 45.7 Å². The van der Waals surface area contributed by atoms with Gasteiger partial charge in [0, 0.05) is 5.56 Å². The van der Waals surface area contributed by atoms with Gasteiger partial charge in [-0.1, -0.05) is 96.5 Å². The summed E-state index contributed by atoms with van der Waals surface area (Å²) < 4.78 is 13.9. The molecule has 5 rings (SSSR count). The molecule has 5 aromatic rings. The van der Waals surface area contributed by atoms with Crippen LogP contribution < -0.4 is 21.2 Å². The summed E-state index contributed by atoms with van der Waals surface area (Å²) in [5.41, 5.74) is 1.72. The van der Waals surface area contributed by atoms with Crippen LogP contribution in [-0.2, 0) is 0 Å². The summed E-state index contributed by atoms with van der Waals surface area (Å²) >= 11 is 7.26. The molecular weight excluding hydrogens is 512 g/mol. The van der Waals surface area contributed by atoms with Gasteiger partial charge in [0.1, 0.15) is 26.8 Å². The SMILES string of the molecule is O=C(N/C(=C(\Cl)c1ccc(F)cc1)[P+](c1ccccc1)(c1ccccc1)c1ccccc1)c1ccccc1. The van der Waals surface area contributed by atoms with E-state index in [9.17, 15) is 9.18 Å². The van der Waals surface area contributed by atoms with Gasteiger partial charge in [-0.05, 0) is 66.2 Å². The number of carbonyl (C=O) groups excluding carboxylic acids is 1. The van der Waals surface area contributed by atoms with Crippen molar-refractivity contribution < 1.29 is 9.18 Å². The predicted molar refractivity (Wildman–Crippen MR) is 158 cm³/mol. The van der Waals surface area contributed by atoms with Crippen molar-refractivity contribution in [3.8, 4) is 0 Å². The number of hydrogen-bond donors (Lipinski definition) is 1. The molecule has 0 heterocycles. The first-order valence-corrected chi connectivity index (χ1v) is 14.4. The highest BCUT2D eigenvalue weighted by Gasteiger charge is 2.52. The smallest absolute Gasteiger partial charge is 0.258 e. The minimum absolute atomic E-state index is 0.270. The standard InChI is InChI=1S/C33H24ClFNOP/c34-31(25-21-23-27(35)24-22-25)33(36-32(37)26-13-5-1-6-14-26)38(28-15-7-2-8-16-28,29-17-9-3-10-18-29)30-19-11-4-12-20-30/h1-24H/p+1/b33-31+. The van der Waals surface area contributed by atoms with Gasteiger partial charge in [-0.25, -0.2) is 4.39 Å². The van der Waals surface area contributed by atoms with Gasteiger partial charge in [0.25, 0.3) is 5.91 Å². The lowest BCUT2D eigenvalue weighted by Gasteiger charge is -2.30. The van der Waals surface area contributed by atoms with Gasteiger partial charge < -0.3 is 0 Å². The minimum atomic E-state index is -2.75. The summed E-state index contributed by atoms with van der Waals surface area (Å²) in [6.07, 6.45) is 0. The van der Waals surface area contributed by atoms with Gasteiger partial charge in [0.15, 0.2) is 12.7 Å². The van der Waals surface area contributed by atoms with E-state index in [4.69, 9.17) is 11.6 Å². The van der Waals surface area contributed by atoms with Crippen LogP contribution in [0.5, 0.6) is 0 Å². The molecule has 5 heteroatoms. The first-order chi connectivity index (χ1) is 18.6. The number of nitrogens with one attached hydrogen (secondary N) is 1. The fourth-order valence-electron chi connectivity index (χ4n) is 4.58. The second kappa shape index (κ2) is 11.6. The maximum Gasteiger partial charge on any atom is 0.258 e. The van der Waals surface area contributed by atoms with Crippen molar-refractivity contribution in [2.45, 2.75) is 0 Å². The molecule has 38 heavy (non-hydrogen) atoms. The molecule has 0 radical (unpaired) electrons. The molecule has 0 saturated heterocycles. The zero-order valence-corrected chi connectivity index (χ0v) is 22.1. The Morgan fingerprint density at radius 3 is 1.37 bits per heavy atom. The van der Waals surface area contributed by atoms with E-state index in [1.807, 2.05) is 72.8 Å². The summed E-state index contributed by atoms with van der Waals surface area (Å²) in [5, 5.41) is 6.69. The monoisotopic (exact) mass is 536 g/mol. The fraction of sp³-hybridized carbons (Fsp3) is 0. The van der Waals surface area contributed by atoms with E-state index in [0.29, 0.717) is 21.6 Å². The van der Waals surface area contributed by atoms with Crippen molar-refractivity contribution in [2.75, 3.05) is 0 Å². The molecule has 0 saturated carbocycles. The number of carbonyl (C=O) groups is 1. The van der Waals surface area contributed by atoms with Crippen LogP contribution in [0.15, 0.2) is 151 Å². The Hall–Kier alpha value is -4.04. The fourth-order valence-corrected chi connectivity index (χ4v) is 9.35. The predicted octanol–water partition coefficient (Wildman–Crippen LogP) is 7.11. The molecule has 2 nitrogen and oxygen atoms in total. The van der Waals surface area contributed by atoms with Gasteiger partial charge in [-0.2, -0.15) is 0 Å². The topological polar surface area (TPSA) is 29.1 Å². The summed E-state index contributed by atoms with van der Waals surface area (Å²) in [4.78, 5) is 13.7. The molecule has 0 aliphatic carbocycles. The molecule has 5 aromatic carbocycles. The second-order valence-corrected chi connectivity index (χ2v) is 12.4. The van der Waals surface area contributed by atoms with Crippen LogP contribution in [0.2, 0.25) is 0 Å². The maximum atomic E-state index is 13.9. The quantitative estimate of drug-likeness (QED) is 0.221. The molecule has 1 N–H and O–H groups in total. The van der Waals surface area contributed by atoms with Gasteiger partial charge in [0.2, 0.25) is 0 Å². The number of benzene rings is 5. The average molecular weight is 537 g/mol. The van der Waals surface area contributed by atoms with Crippen LogP contribution in [0.25, 0.3) is 5.03 Å². The molecule has 0 fully saturated rings. The highest BCUT2D eigenvalue weighted by Crippen LogP contribution is 2.63.